The van der Waals surface area contributed by atoms with Gasteiger partial charge in [0, 0.05) is 12.6 Å². The molecule has 0 aliphatic rings. The van der Waals surface area contributed by atoms with Crippen molar-refractivity contribution in [3.63, 3.8) is 0 Å². The lowest BCUT2D eigenvalue weighted by molar-refractivity contribution is 0.0735. The molecule has 0 N–H and O–H groups in total. The molecule has 6 heteroatoms. The first kappa shape index (κ1) is 15.9. The number of halogens is 2. The molecule has 0 bridgehead atoms. The number of nitrogens with zero attached hydrogens (tertiary/aromatic N) is 2. The Bertz CT molecular complexity index is 692. The normalized spacial score (nSPS) is 11.9. The molecule has 0 spiro atoms. The van der Waals surface area contributed by atoms with E-state index in [0.717, 1.165) is 12.3 Å². The van der Waals surface area contributed by atoms with Crippen LogP contribution in [0.2, 0.25) is 0 Å². The number of hydrogen-bond donors (Lipinski definition) is 0. The third-order valence-electron chi connectivity index (χ3n) is 3.50. The van der Waals surface area contributed by atoms with Gasteiger partial charge in [-0.1, -0.05) is 18.2 Å². The van der Waals surface area contributed by atoms with Crippen molar-refractivity contribution >= 4 is 5.91 Å². The van der Waals surface area contributed by atoms with Crippen LogP contribution in [0, 0.1) is 11.6 Å². The van der Waals surface area contributed by atoms with Gasteiger partial charge in [0.25, 0.3) is 5.91 Å². The maximum absolute atomic E-state index is 13.8. The molecule has 116 valence electrons. The monoisotopic (exact) mass is 306 g/mol. The molecule has 0 fully saturated rings. The topological polar surface area (TPSA) is 42.4 Å². The molecule has 1 aromatic carbocycles. The fraction of sp³-hybridized carbons (Fsp3) is 0.250. The predicted octanol–water partition coefficient (Wildman–Crippen LogP) is 3.20. The van der Waals surface area contributed by atoms with E-state index in [9.17, 15) is 13.6 Å². The van der Waals surface area contributed by atoms with Crippen molar-refractivity contribution in [2.75, 3.05) is 14.2 Å². The summed E-state index contributed by atoms with van der Waals surface area (Å²) < 4.78 is 32.2. The summed E-state index contributed by atoms with van der Waals surface area (Å²) in [6.45, 7) is 1.69. The maximum atomic E-state index is 13.8. The molecule has 0 aliphatic heterocycles. The SMILES string of the molecule is COc1ncc(F)cc1C(=O)N(C)[C@H](C)c1ccccc1F. The average Bonchev–Trinajstić information content (AvgIpc) is 2.53. The number of rotatable bonds is 4. The van der Waals surface area contributed by atoms with E-state index in [-0.39, 0.29) is 11.4 Å². The average molecular weight is 306 g/mol. The van der Waals surface area contributed by atoms with Crippen molar-refractivity contribution in [3.8, 4) is 5.88 Å². The van der Waals surface area contributed by atoms with Crippen molar-refractivity contribution in [2.45, 2.75) is 13.0 Å². The molecule has 1 aromatic heterocycles. The van der Waals surface area contributed by atoms with Crippen LogP contribution in [0.15, 0.2) is 36.5 Å². The second-order valence-corrected chi connectivity index (χ2v) is 4.82. The maximum Gasteiger partial charge on any atom is 0.259 e. The molecule has 0 saturated carbocycles. The quantitative estimate of drug-likeness (QED) is 0.871. The zero-order valence-electron chi connectivity index (χ0n) is 12.5. The van der Waals surface area contributed by atoms with Crippen molar-refractivity contribution in [2.24, 2.45) is 0 Å². The lowest BCUT2D eigenvalue weighted by Gasteiger charge is -2.26. The molecule has 1 atom stereocenters. The second-order valence-electron chi connectivity index (χ2n) is 4.82. The molecular weight excluding hydrogens is 290 g/mol. The summed E-state index contributed by atoms with van der Waals surface area (Å²) in [5.41, 5.74) is 0.370. The van der Waals surface area contributed by atoms with Gasteiger partial charge in [0.2, 0.25) is 5.88 Å². The minimum absolute atomic E-state index is 0.00631. The van der Waals surface area contributed by atoms with E-state index in [1.54, 1.807) is 25.1 Å². The number of ether oxygens (including phenoxy) is 1. The van der Waals surface area contributed by atoms with Crippen LogP contribution in [0.5, 0.6) is 5.88 Å². The standard InChI is InChI=1S/C16H16F2N2O2/c1-10(12-6-4-5-7-14(12)18)20(2)16(21)13-8-11(17)9-19-15(13)22-3/h4-10H,1-3H3/t10-/m1/s1. The van der Waals surface area contributed by atoms with E-state index in [1.807, 2.05) is 0 Å². The second kappa shape index (κ2) is 6.51. The first-order valence-corrected chi connectivity index (χ1v) is 6.66. The fourth-order valence-corrected chi connectivity index (χ4v) is 2.13. The smallest absolute Gasteiger partial charge is 0.259 e. The van der Waals surface area contributed by atoms with Crippen molar-refractivity contribution in [3.05, 3.63) is 59.3 Å². The van der Waals surface area contributed by atoms with Crippen molar-refractivity contribution in [1.82, 2.24) is 9.88 Å². The van der Waals surface area contributed by atoms with Crippen LogP contribution >= 0.6 is 0 Å². The Kier molecular flexibility index (Phi) is 4.70. The van der Waals surface area contributed by atoms with Gasteiger partial charge in [0.15, 0.2) is 0 Å². The Morgan fingerprint density at radius 2 is 2.00 bits per heavy atom. The first-order chi connectivity index (χ1) is 10.5. The Labute approximate surface area is 127 Å². The summed E-state index contributed by atoms with van der Waals surface area (Å²) in [4.78, 5) is 17.6. The van der Waals surface area contributed by atoms with E-state index in [4.69, 9.17) is 4.74 Å². The van der Waals surface area contributed by atoms with Crippen molar-refractivity contribution < 1.29 is 18.3 Å². The van der Waals surface area contributed by atoms with Crippen LogP contribution in [0.25, 0.3) is 0 Å². The Balaban J connectivity index is 2.33. The van der Waals surface area contributed by atoms with Gasteiger partial charge in [-0.15, -0.1) is 0 Å². The number of methoxy groups -OCH3 is 1. The van der Waals surface area contributed by atoms with Crippen LogP contribution in [0.3, 0.4) is 0 Å². The number of hydrogen-bond acceptors (Lipinski definition) is 3. The Morgan fingerprint density at radius 1 is 1.32 bits per heavy atom. The lowest BCUT2D eigenvalue weighted by Crippen LogP contribution is -2.30. The van der Waals surface area contributed by atoms with Crippen LogP contribution in [0.1, 0.15) is 28.9 Å². The molecule has 1 heterocycles. The van der Waals surface area contributed by atoms with Gasteiger partial charge in [-0.05, 0) is 19.1 Å². The number of pyridine rings is 1. The molecule has 0 unspecified atom stereocenters. The van der Waals surface area contributed by atoms with Gasteiger partial charge in [0.05, 0.1) is 19.3 Å². The summed E-state index contributed by atoms with van der Waals surface area (Å²) in [6, 6.07) is 6.73. The van der Waals surface area contributed by atoms with Crippen LogP contribution in [-0.4, -0.2) is 29.9 Å². The van der Waals surface area contributed by atoms with E-state index < -0.39 is 23.6 Å². The lowest BCUT2D eigenvalue weighted by atomic mass is 10.1. The molecular formula is C16H16F2N2O2. The molecule has 4 nitrogen and oxygen atoms in total. The Hall–Kier alpha value is -2.50. The minimum atomic E-state index is -0.643. The van der Waals surface area contributed by atoms with Gasteiger partial charge in [-0.2, -0.15) is 0 Å². The number of benzene rings is 1. The molecule has 0 radical (unpaired) electrons. The highest BCUT2D eigenvalue weighted by Gasteiger charge is 2.24. The van der Waals surface area contributed by atoms with E-state index in [2.05, 4.69) is 4.98 Å². The zero-order valence-corrected chi connectivity index (χ0v) is 12.5. The molecule has 2 aromatic rings. The summed E-state index contributed by atoms with van der Waals surface area (Å²) in [5, 5.41) is 0. The molecule has 2 rings (SSSR count). The number of carbonyl (C=O) groups is 1. The molecule has 22 heavy (non-hydrogen) atoms. The molecule has 1 amide bonds. The fourth-order valence-electron chi connectivity index (χ4n) is 2.13. The highest BCUT2D eigenvalue weighted by molar-refractivity contribution is 5.96. The largest absolute Gasteiger partial charge is 0.480 e. The van der Waals surface area contributed by atoms with E-state index >= 15 is 0 Å². The predicted molar refractivity (Wildman–Crippen MR) is 77.7 cm³/mol. The molecule has 0 saturated heterocycles. The highest BCUT2D eigenvalue weighted by atomic mass is 19.1. The van der Waals surface area contributed by atoms with Crippen LogP contribution in [0.4, 0.5) is 8.78 Å². The van der Waals surface area contributed by atoms with Crippen LogP contribution in [-0.2, 0) is 0 Å². The number of carbonyl (C=O) groups excluding carboxylic acids is 1. The summed E-state index contributed by atoms with van der Waals surface area (Å²) >= 11 is 0. The number of aromatic nitrogens is 1. The van der Waals surface area contributed by atoms with Gasteiger partial charge in [-0.25, -0.2) is 13.8 Å². The summed E-state index contributed by atoms with van der Waals surface area (Å²) in [5.74, 6) is -1.52. The highest BCUT2D eigenvalue weighted by Crippen LogP contribution is 2.25. The van der Waals surface area contributed by atoms with E-state index in [0.29, 0.717) is 5.56 Å². The van der Waals surface area contributed by atoms with Gasteiger partial charge in [0.1, 0.15) is 17.2 Å². The summed E-state index contributed by atoms with van der Waals surface area (Å²) in [7, 11) is 2.86. The van der Waals surface area contributed by atoms with Crippen molar-refractivity contribution in [1.29, 1.82) is 0 Å². The van der Waals surface area contributed by atoms with Gasteiger partial charge < -0.3 is 9.64 Å². The van der Waals surface area contributed by atoms with Gasteiger partial charge in [-0.3, -0.25) is 4.79 Å². The summed E-state index contributed by atoms with van der Waals surface area (Å²) in [6.07, 6.45) is 0.968. The minimum Gasteiger partial charge on any atom is -0.480 e. The third kappa shape index (κ3) is 3.05. The zero-order chi connectivity index (χ0) is 16.3. The molecule has 0 aliphatic carbocycles. The Morgan fingerprint density at radius 3 is 2.64 bits per heavy atom. The van der Waals surface area contributed by atoms with Gasteiger partial charge >= 0.3 is 0 Å². The number of amides is 1. The van der Waals surface area contributed by atoms with Crippen LogP contribution < -0.4 is 4.74 Å². The third-order valence-corrected chi connectivity index (χ3v) is 3.50. The first-order valence-electron chi connectivity index (χ1n) is 6.66. The van der Waals surface area contributed by atoms with E-state index in [1.165, 1.54) is 25.1 Å².